The predicted octanol–water partition coefficient (Wildman–Crippen LogP) is 4.54. The number of benzene rings is 1. The molecule has 35 heavy (non-hydrogen) atoms. The summed E-state index contributed by atoms with van der Waals surface area (Å²) in [6, 6.07) is 8.10. The molecule has 0 saturated carbocycles. The average Bonchev–Trinajstić information content (AvgIpc) is 3.35. The van der Waals surface area contributed by atoms with Crippen molar-refractivity contribution >= 4 is 22.7 Å². The summed E-state index contributed by atoms with van der Waals surface area (Å²) in [5.74, 6) is 0.516. The molecular formula is C27H29FN6O. The minimum atomic E-state index is -0.938. The molecule has 4 aromatic rings. The van der Waals surface area contributed by atoms with E-state index in [-0.39, 0.29) is 0 Å². The topological polar surface area (TPSA) is 79.1 Å². The number of hydrogen-bond acceptors (Lipinski definition) is 6. The van der Waals surface area contributed by atoms with E-state index in [0.29, 0.717) is 41.3 Å². The number of rotatable bonds is 4. The smallest absolute Gasteiger partial charge is 0.229 e. The number of aromatic nitrogens is 4. The Morgan fingerprint density at radius 1 is 1.17 bits per heavy atom. The Hall–Kier alpha value is -3.36. The van der Waals surface area contributed by atoms with Crippen molar-refractivity contribution in [3.63, 3.8) is 0 Å². The molecule has 6 rings (SSSR count). The van der Waals surface area contributed by atoms with Crippen molar-refractivity contribution in [2.24, 2.45) is 0 Å². The number of fused-ring (bicyclic) bond motifs is 3. The summed E-state index contributed by atoms with van der Waals surface area (Å²) in [5.41, 5.74) is 6.10. The zero-order valence-electron chi connectivity index (χ0n) is 20.3. The first-order valence-electron chi connectivity index (χ1n) is 12.2. The van der Waals surface area contributed by atoms with E-state index in [1.165, 1.54) is 29.1 Å². The Morgan fingerprint density at radius 2 is 2.03 bits per heavy atom. The molecule has 0 saturated heterocycles. The number of nitrogens with zero attached hydrogens (tertiary/aromatic N) is 5. The molecule has 1 aromatic carbocycles. The van der Waals surface area contributed by atoms with Gasteiger partial charge in [-0.1, -0.05) is 13.0 Å². The zero-order chi connectivity index (χ0) is 24.3. The number of aliphatic hydroxyl groups is 1. The second-order valence-corrected chi connectivity index (χ2v) is 9.88. The second-order valence-electron chi connectivity index (χ2n) is 9.88. The molecular weight excluding hydrogens is 443 g/mol. The highest BCUT2D eigenvalue weighted by atomic mass is 19.1. The molecule has 0 amide bonds. The van der Waals surface area contributed by atoms with Gasteiger partial charge in [-0.25, -0.2) is 14.4 Å². The van der Waals surface area contributed by atoms with Gasteiger partial charge in [0.05, 0.1) is 11.1 Å². The Morgan fingerprint density at radius 3 is 2.86 bits per heavy atom. The van der Waals surface area contributed by atoms with E-state index in [2.05, 4.69) is 46.3 Å². The Balaban J connectivity index is 1.39. The lowest BCUT2D eigenvalue weighted by atomic mass is 9.94. The molecule has 2 aliphatic rings. The van der Waals surface area contributed by atoms with Gasteiger partial charge in [-0.05, 0) is 80.1 Å². The number of hydrogen-bond donors (Lipinski definition) is 2. The van der Waals surface area contributed by atoms with Crippen molar-refractivity contribution in [2.75, 3.05) is 18.9 Å². The van der Waals surface area contributed by atoms with Crippen LogP contribution in [0.25, 0.3) is 16.9 Å². The van der Waals surface area contributed by atoms with Crippen molar-refractivity contribution in [1.82, 2.24) is 24.4 Å². The molecule has 0 spiro atoms. The molecule has 0 unspecified atom stereocenters. The van der Waals surface area contributed by atoms with E-state index in [4.69, 9.17) is 4.98 Å². The van der Waals surface area contributed by atoms with Gasteiger partial charge in [0, 0.05) is 31.2 Å². The summed E-state index contributed by atoms with van der Waals surface area (Å²) < 4.78 is 16.5. The largest absolute Gasteiger partial charge is 0.384 e. The van der Waals surface area contributed by atoms with Gasteiger partial charge in [0.2, 0.25) is 5.95 Å². The van der Waals surface area contributed by atoms with Gasteiger partial charge in [-0.3, -0.25) is 4.57 Å². The summed E-state index contributed by atoms with van der Waals surface area (Å²) in [6.07, 6.45) is 5.97. The van der Waals surface area contributed by atoms with Gasteiger partial charge < -0.3 is 15.3 Å². The summed E-state index contributed by atoms with van der Waals surface area (Å²) in [4.78, 5) is 16.1. The van der Waals surface area contributed by atoms with Crippen molar-refractivity contribution in [3.8, 4) is 5.82 Å². The molecule has 0 radical (unpaired) electrons. The molecule has 8 heteroatoms. The normalized spacial score (nSPS) is 19.7. The number of aryl methyl sites for hydroxylation is 2. The van der Waals surface area contributed by atoms with E-state index in [1.54, 1.807) is 4.57 Å². The van der Waals surface area contributed by atoms with Crippen molar-refractivity contribution < 1.29 is 9.50 Å². The molecule has 1 aliphatic heterocycles. The van der Waals surface area contributed by atoms with Crippen LogP contribution < -0.4 is 5.32 Å². The summed E-state index contributed by atoms with van der Waals surface area (Å²) in [6.45, 7) is 6.07. The van der Waals surface area contributed by atoms with Crippen molar-refractivity contribution in [1.29, 1.82) is 0 Å². The monoisotopic (exact) mass is 472 g/mol. The first-order chi connectivity index (χ1) is 16.8. The first kappa shape index (κ1) is 22.1. The lowest BCUT2D eigenvalue weighted by Crippen LogP contribution is -2.27. The number of anilines is 2. The second kappa shape index (κ2) is 8.10. The van der Waals surface area contributed by atoms with Gasteiger partial charge in [-0.15, -0.1) is 0 Å². The molecule has 7 nitrogen and oxygen atoms in total. The molecule has 1 atom stereocenters. The number of halogens is 1. The van der Waals surface area contributed by atoms with Crippen LogP contribution in [0.15, 0.2) is 36.7 Å². The number of likely N-dealkylation sites (N-methyl/N-ethyl adjacent to an activating group) is 1. The molecule has 1 aliphatic carbocycles. The lowest BCUT2D eigenvalue weighted by molar-refractivity contribution is 0.0306. The molecule has 4 heterocycles. The van der Waals surface area contributed by atoms with Crippen LogP contribution in [0.4, 0.5) is 16.0 Å². The third-order valence-electron chi connectivity index (χ3n) is 7.55. The van der Waals surface area contributed by atoms with Crippen LogP contribution in [-0.4, -0.2) is 43.1 Å². The average molecular weight is 473 g/mol. The van der Waals surface area contributed by atoms with E-state index in [0.717, 1.165) is 37.2 Å². The fourth-order valence-electron chi connectivity index (χ4n) is 5.49. The maximum atomic E-state index is 14.8. The Bertz CT molecular complexity index is 1460. The highest BCUT2D eigenvalue weighted by Crippen LogP contribution is 2.38. The van der Waals surface area contributed by atoms with Crippen molar-refractivity contribution in [3.05, 3.63) is 70.4 Å². The predicted molar refractivity (Wildman–Crippen MR) is 134 cm³/mol. The summed E-state index contributed by atoms with van der Waals surface area (Å²) in [7, 11) is 2.13. The van der Waals surface area contributed by atoms with E-state index in [1.807, 2.05) is 19.1 Å². The van der Waals surface area contributed by atoms with Crippen LogP contribution >= 0.6 is 0 Å². The van der Waals surface area contributed by atoms with E-state index in [9.17, 15) is 9.50 Å². The SMILES string of the molecule is CC[C@@]1(O)CCc2ccc(-n3cc(F)c4cnc(Nc5cc(C)c6c(c5)CN(C)CC6)nc43)nc21. The van der Waals surface area contributed by atoms with Gasteiger partial charge in [0.25, 0.3) is 0 Å². The van der Waals surface area contributed by atoms with Crippen LogP contribution in [-0.2, 0) is 25.0 Å². The first-order valence-corrected chi connectivity index (χ1v) is 12.2. The lowest BCUT2D eigenvalue weighted by Gasteiger charge is -2.27. The van der Waals surface area contributed by atoms with E-state index < -0.39 is 11.4 Å². The van der Waals surface area contributed by atoms with Crippen LogP contribution in [0.2, 0.25) is 0 Å². The van der Waals surface area contributed by atoms with Gasteiger partial charge in [0.1, 0.15) is 11.4 Å². The van der Waals surface area contributed by atoms with Crippen molar-refractivity contribution in [2.45, 2.75) is 51.7 Å². The number of pyridine rings is 1. The third-order valence-corrected chi connectivity index (χ3v) is 7.55. The third kappa shape index (κ3) is 3.68. The van der Waals surface area contributed by atoms with Crippen LogP contribution in [0.5, 0.6) is 0 Å². The fourth-order valence-corrected chi connectivity index (χ4v) is 5.49. The number of nitrogens with one attached hydrogen (secondary N) is 1. The quantitative estimate of drug-likeness (QED) is 0.454. The highest BCUT2D eigenvalue weighted by molar-refractivity contribution is 5.79. The standard InChI is InChI=1S/C27H29FN6O/c1-4-27(35)9-7-17-5-6-23(31-24(17)27)34-15-22(28)21-13-29-26(32-25(21)34)30-19-11-16(2)20-8-10-33(3)14-18(20)12-19/h5-6,11-13,15,35H,4,7-10,14H2,1-3H3,(H,29,30,32)/t27-/m1/s1. The fraction of sp³-hybridized carbons (Fsp3) is 0.370. The van der Waals surface area contributed by atoms with Crippen LogP contribution in [0, 0.1) is 12.7 Å². The highest BCUT2D eigenvalue weighted by Gasteiger charge is 2.37. The molecule has 3 aromatic heterocycles. The van der Waals surface area contributed by atoms with E-state index >= 15 is 0 Å². The minimum Gasteiger partial charge on any atom is -0.384 e. The minimum absolute atomic E-state index is 0.326. The molecule has 2 N–H and O–H groups in total. The Labute approximate surface area is 203 Å². The van der Waals surface area contributed by atoms with Gasteiger partial charge in [-0.2, -0.15) is 4.98 Å². The summed E-state index contributed by atoms with van der Waals surface area (Å²) in [5, 5.41) is 14.6. The maximum Gasteiger partial charge on any atom is 0.229 e. The Kier molecular flexibility index (Phi) is 5.12. The summed E-state index contributed by atoms with van der Waals surface area (Å²) >= 11 is 0. The zero-order valence-corrected chi connectivity index (χ0v) is 20.3. The maximum absolute atomic E-state index is 14.8. The molecule has 0 bridgehead atoms. The van der Waals surface area contributed by atoms with Gasteiger partial charge in [0.15, 0.2) is 11.5 Å². The molecule has 180 valence electrons. The molecule has 0 fully saturated rings. The van der Waals surface area contributed by atoms with Crippen LogP contribution in [0.1, 0.15) is 47.7 Å². The van der Waals surface area contributed by atoms with Gasteiger partial charge >= 0.3 is 0 Å². The van der Waals surface area contributed by atoms with Crippen LogP contribution in [0.3, 0.4) is 0 Å².